The maximum Gasteiger partial charge on any atom is 0.256 e. The highest BCUT2D eigenvalue weighted by molar-refractivity contribution is 4.85. The number of hydrogen-bond acceptors (Lipinski definition) is 1. The van der Waals surface area contributed by atoms with Gasteiger partial charge in [-0.1, -0.05) is 20.8 Å². The van der Waals surface area contributed by atoms with E-state index in [0.29, 0.717) is 18.9 Å². The number of halogens is 2. The van der Waals surface area contributed by atoms with Crippen molar-refractivity contribution < 1.29 is 8.78 Å². The van der Waals surface area contributed by atoms with Gasteiger partial charge in [-0.25, -0.2) is 8.78 Å². The Labute approximate surface area is 86.3 Å². The summed E-state index contributed by atoms with van der Waals surface area (Å²) in [5, 5.41) is 2.95. The Morgan fingerprint density at radius 3 is 2.21 bits per heavy atom. The second kappa shape index (κ2) is 6.33. The van der Waals surface area contributed by atoms with Crippen LogP contribution < -0.4 is 5.32 Å². The molecule has 0 bridgehead atoms. The Morgan fingerprint density at radius 2 is 1.86 bits per heavy atom. The van der Waals surface area contributed by atoms with Crippen LogP contribution in [0.5, 0.6) is 0 Å². The third-order valence-electron chi connectivity index (χ3n) is 2.50. The normalized spacial score (nSPS) is 16.3. The fourth-order valence-electron chi connectivity index (χ4n) is 1.27. The predicted octanol–water partition coefficient (Wildman–Crippen LogP) is 3.45. The Kier molecular flexibility index (Phi) is 6.25. The smallest absolute Gasteiger partial charge is 0.256 e. The second-order valence-electron chi connectivity index (χ2n) is 4.58. The first kappa shape index (κ1) is 13.8. The van der Waals surface area contributed by atoms with Gasteiger partial charge in [0.15, 0.2) is 0 Å². The van der Waals surface area contributed by atoms with E-state index in [1.54, 1.807) is 6.92 Å². The SMILES string of the molecule is CCCNC(C)(CCC(C)C)C(F)F. The monoisotopic (exact) mass is 207 g/mol. The molecule has 0 radical (unpaired) electrons. The van der Waals surface area contributed by atoms with Crippen LogP contribution in [0.25, 0.3) is 0 Å². The number of rotatable bonds is 7. The molecule has 0 heterocycles. The van der Waals surface area contributed by atoms with Gasteiger partial charge in [-0.05, 0) is 38.6 Å². The van der Waals surface area contributed by atoms with Crippen LogP contribution in [0.3, 0.4) is 0 Å². The molecule has 86 valence electrons. The van der Waals surface area contributed by atoms with Gasteiger partial charge in [0.2, 0.25) is 0 Å². The molecule has 0 saturated heterocycles. The summed E-state index contributed by atoms with van der Waals surface area (Å²) in [5.74, 6) is 0.483. The third-order valence-corrected chi connectivity index (χ3v) is 2.50. The average molecular weight is 207 g/mol. The maximum atomic E-state index is 12.8. The van der Waals surface area contributed by atoms with Crippen LogP contribution in [0.1, 0.15) is 47.0 Å². The van der Waals surface area contributed by atoms with E-state index in [1.165, 1.54) is 0 Å². The lowest BCUT2D eigenvalue weighted by Gasteiger charge is -2.30. The average Bonchev–Trinajstić information content (AvgIpc) is 2.11. The number of alkyl halides is 2. The second-order valence-corrected chi connectivity index (χ2v) is 4.58. The van der Waals surface area contributed by atoms with E-state index in [0.717, 1.165) is 12.8 Å². The summed E-state index contributed by atoms with van der Waals surface area (Å²) in [7, 11) is 0. The van der Waals surface area contributed by atoms with Gasteiger partial charge in [-0.15, -0.1) is 0 Å². The van der Waals surface area contributed by atoms with Crippen LogP contribution in [0, 0.1) is 5.92 Å². The zero-order valence-electron chi connectivity index (χ0n) is 9.74. The lowest BCUT2D eigenvalue weighted by molar-refractivity contribution is 0.0323. The molecule has 0 spiro atoms. The zero-order valence-corrected chi connectivity index (χ0v) is 9.74. The first-order chi connectivity index (χ1) is 6.42. The molecule has 0 aromatic rings. The fraction of sp³-hybridized carbons (Fsp3) is 1.00. The van der Waals surface area contributed by atoms with Crippen molar-refractivity contribution in [2.24, 2.45) is 5.92 Å². The topological polar surface area (TPSA) is 12.0 Å². The standard InChI is InChI=1S/C11H23F2N/c1-5-8-14-11(4,10(12)13)7-6-9(2)3/h9-10,14H,5-8H2,1-4H3. The molecule has 0 saturated carbocycles. The van der Waals surface area contributed by atoms with E-state index in [1.807, 2.05) is 6.92 Å². The lowest BCUT2D eigenvalue weighted by Crippen LogP contribution is -2.49. The number of hydrogen-bond donors (Lipinski definition) is 1. The van der Waals surface area contributed by atoms with Crippen molar-refractivity contribution in [2.45, 2.75) is 58.9 Å². The van der Waals surface area contributed by atoms with Crippen molar-refractivity contribution in [1.29, 1.82) is 0 Å². The van der Waals surface area contributed by atoms with Crippen molar-refractivity contribution in [3.8, 4) is 0 Å². The van der Waals surface area contributed by atoms with Crippen molar-refractivity contribution in [3.05, 3.63) is 0 Å². The molecular weight excluding hydrogens is 184 g/mol. The molecule has 0 aliphatic heterocycles. The summed E-state index contributed by atoms with van der Waals surface area (Å²) >= 11 is 0. The first-order valence-electron chi connectivity index (χ1n) is 5.45. The fourth-order valence-corrected chi connectivity index (χ4v) is 1.27. The van der Waals surface area contributed by atoms with Crippen molar-refractivity contribution in [2.75, 3.05) is 6.54 Å². The third kappa shape index (κ3) is 4.89. The Bertz CT molecular complexity index is 148. The molecule has 0 aromatic carbocycles. The van der Waals surface area contributed by atoms with Gasteiger partial charge in [0, 0.05) is 0 Å². The Hall–Kier alpha value is -0.180. The summed E-state index contributed by atoms with van der Waals surface area (Å²) in [6, 6.07) is 0. The molecular formula is C11H23F2N. The van der Waals surface area contributed by atoms with Gasteiger partial charge in [-0.2, -0.15) is 0 Å². The molecule has 3 heteroatoms. The van der Waals surface area contributed by atoms with E-state index in [-0.39, 0.29) is 0 Å². The van der Waals surface area contributed by atoms with Gasteiger partial charge < -0.3 is 5.32 Å². The van der Waals surface area contributed by atoms with Crippen molar-refractivity contribution >= 4 is 0 Å². The highest BCUT2D eigenvalue weighted by Gasteiger charge is 2.33. The highest BCUT2D eigenvalue weighted by Crippen LogP contribution is 2.23. The minimum atomic E-state index is -2.28. The van der Waals surface area contributed by atoms with Crippen LogP contribution in [-0.2, 0) is 0 Å². The summed E-state index contributed by atoms with van der Waals surface area (Å²) in [6.45, 7) is 8.40. The summed E-state index contributed by atoms with van der Waals surface area (Å²) < 4.78 is 25.6. The van der Waals surface area contributed by atoms with Crippen LogP contribution in [0.15, 0.2) is 0 Å². The molecule has 0 aliphatic carbocycles. The minimum Gasteiger partial charge on any atom is -0.307 e. The van der Waals surface area contributed by atoms with E-state index >= 15 is 0 Å². The van der Waals surface area contributed by atoms with E-state index in [9.17, 15) is 8.78 Å². The van der Waals surface area contributed by atoms with Crippen molar-refractivity contribution in [3.63, 3.8) is 0 Å². The molecule has 0 aromatic heterocycles. The molecule has 0 aliphatic rings. The maximum absolute atomic E-state index is 12.8. The van der Waals surface area contributed by atoms with Crippen LogP contribution in [-0.4, -0.2) is 18.5 Å². The van der Waals surface area contributed by atoms with Crippen LogP contribution in [0.2, 0.25) is 0 Å². The highest BCUT2D eigenvalue weighted by atomic mass is 19.3. The van der Waals surface area contributed by atoms with E-state index in [2.05, 4.69) is 19.2 Å². The largest absolute Gasteiger partial charge is 0.307 e. The van der Waals surface area contributed by atoms with Gasteiger partial charge >= 0.3 is 0 Å². The molecule has 14 heavy (non-hydrogen) atoms. The first-order valence-corrected chi connectivity index (χ1v) is 5.45. The molecule has 0 fully saturated rings. The number of nitrogens with one attached hydrogen (secondary N) is 1. The molecule has 1 N–H and O–H groups in total. The predicted molar refractivity (Wildman–Crippen MR) is 56.8 cm³/mol. The summed E-state index contributed by atoms with van der Waals surface area (Å²) in [5.41, 5.74) is -1.000. The Morgan fingerprint density at radius 1 is 1.29 bits per heavy atom. The minimum absolute atomic E-state index is 0.483. The molecule has 1 atom stereocenters. The zero-order chi connectivity index (χ0) is 11.2. The van der Waals surface area contributed by atoms with Gasteiger partial charge in [0.25, 0.3) is 6.43 Å². The molecule has 0 rings (SSSR count). The van der Waals surface area contributed by atoms with Gasteiger partial charge in [-0.3, -0.25) is 0 Å². The lowest BCUT2D eigenvalue weighted by atomic mass is 9.92. The van der Waals surface area contributed by atoms with Crippen LogP contribution >= 0.6 is 0 Å². The molecule has 0 amide bonds. The van der Waals surface area contributed by atoms with Crippen LogP contribution in [0.4, 0.5) is 8.78 Å². The van der Waals surface area contributed by atoms with Crippen molar-refractivity contribution in [1.82, 2.24) is 5.32 Å². The van der Waals surface area contributed by atoms with E-state index < -0.39 is 12.0 Å². The Balaban J connectivity index is 4.10. The molecule has 1 nitrogen and oxygen atoms in total. The van der Waals surface area contributed by atoms with E-state index in [4.69, 9.17) is 0 Å². The van der Waals surface area contributed by atoms with Gasteiger partial charge in [0.05, 0.1) is 5.54 Å². The quantitative estimate of drug-likeness (QED) is 0.674. The summed E-state index contributed by atoms with van der Waals surface area (Å²) in [6.07, 6.45) is -0.00282. The molecule has 1 unspecified atom stereocenters. The summed E-state index contributed by atoms with van der Waals surface area (Å²) in [4.78, 5) is 0. The van der Waals surface area contributed by atoms with Gasteiger partial charge in [0.1, 0.15) is 0 Å².